The van der Waals surface area contributed by atoms with Gasteiger partial charge in [-0.05, 0) is 43.2 Å². The molecule has 0 unspecified atom stereocenters. The molecule has 0 bridgehead atoms. The fourth-order valence-electron chi connectivity index (χ4n) is 3.43. The topological polar surface area (TPSA) is 59.8 Å². The van der Waals surface area contributed by atoms with Crippen LogP contribution in [0.2, 0.25) is 0 Å². The predicted molar refractivity (Wildman–Crippen MR) is 104 cm³/mol. The Morgan fingerprint density at radius 3 is 2.96 bits per heavy atom. The molecular formula is C20H22N4OS. The number of fused-ring (bicyclic) bond motifs is 1. The van der Waals surface area contributed by atoms with Crippen molar-refractivity contribution in [2.24, 2.45) is 0 Å². The van der Waals surface area contributed by atoms with Crippen LogP contribution >= 0.6 is 11.3 Å². The van der Waals surface area contributed by atoms with E-state index < -0.39 is 0 Å². The Morgan fingerprint density at radius 1 is 1.35 bits per heavy atom. The second kappa shape index (κ2) is 7.41. The van der Waals surface area contributed by atoms with Crippen molar-refractivity contribution in [3.8, 4) is 0 Å². The molecule has 0 saturated heterocycles. The van der Waals surface area contributed by atoms with Crippen LogP contribution in [0.5, 0.6) is 0 Å². The van der Waals surface area contributed by atoms with Crippen LogP contribution in [0.25, 0.3) is 0 Å². The first kappa shape index (κ1) is 17.0. The summed E-state index contributed by atoms with van der Waals surface area (Å²) < 4.78 is 1.80. The van der Waals surface area contributed by atoms with Crippen LogP contribution < -0.4 is 5.32 Å². The maximum atomic E-state index is 12.2. The molecule has 1 aliphatic carbocycles. The summed E-state index contributed by atoms with van der Waals surface area (Å²) >= 11 is 1.62. The van der Waals surface area contributed by atoms with E-state index in [4.69, 9.17) is 0 Å². The van der Waals surface area contributed by atoms with Gasteiger partial charge in [0.2, 0.25) is 5.91 Å². The van der Waals surface area contributed by atoms with Gasteiger partial charge in [-0.25, -0.2) is 4.98 Å². The van der Waals surface area contributed by atoms with Gasteiger partial charge in [-0.1, -0.05) is 30.3 Å². The van der Waals surface area contributed by atoms with E-state index in [9.17, 15) is 4.79 Å². The molecule has 2 aromatic heterocycles. The molecule has 0 saturated carbocycles. The van der Waals surface area contributed by atoms with Crippen molar-refractivity contribution in [2.75, 3.05) is 5.32 Å². The van der Waals surface area contributed by atoms with Gasteiger partial charge >= 0.3 is 0 Å². The van der Waals surface area contributed by atoms with Gasteiger partial charge < -0.3 is 5.32 Å². The van der Waals surface area contributed by atoms with E-state index in [1.807, 2.05) is 13.1 Å². The molecular weight excluding hydrogens is 344 g/mol. The lowest BCUT2D eigenvalue weighted by molar-refractivity contribution is -0.116. The first-order valence-electron chi connectivity index (χ1n) is 9.00. The molecule has 0 aliphatic heterocycles. The van der Waals surface area contributed by atoms with Crippen molar-refractivity contribution in [3.63, 3.8) is 0 Å². The Kier molecular flexibility index (Phi) is 4.84. The highest BCUT2D eigenvalue weighted by Gasteiger charge is 2.24. The summed E-state index contributed by atoms with van der Waals surface area (Å²) in [6.07, 6.45) is 7.26. The number of carbonyl (C=O) groups excluding carboxylic acids is 1. The Bertz CT molecular complexity index is 900. The number of carbonyl (C=O) groups is 1. The number of benzene rings is 1. The molecule has 0 radical (unpaired) electrons. The molecule has 1 aliphatic rings. The molecule has 1 atom stereocenters. The standard InChI is InChI=1S/C20H22N4OS/c1-14-12-21-24(13-14)10-9-19(25)23-20-22-17-8-7-16(11-18(17)26-20)15-5-3-2-4-6-15/h2-6,12-13,16H,7-11H2,1H3,(H,22,23,25)/t16-/m1/s1. The molecule has 26 heavy (non-hydrogen) atoms. The van der Waals surface area contributed by atoms with Crippen molar-refractivity contribution < 1.29 is 4.79 Å². The van der Waals surface area contributed by atoms with Gasteiger partial charge in [0.1, 0.15) is 0 Å². The van der Waals surface area contributed by atoms with Gasteiger partial charge in [-0.2, -0.15) is 5.10 Å². The molecule has 3 aromatic rings. The SMILES string of the molecule is Cc1cnn(CCC(=O)Nc2nc3c(s2)C[C@H](c2ccccc2)CC3)c1. The average Bonchev–Trinajstić information content (AvgIpc) is 3.25. The molecule has 6 heteroatoms. The highest BCUT2D eigenvalue weighted by molar-refractivity contribution is 7.15. The van der Waals surface area contributed by atoms with E-state index in [0.29, 0.717) is 18.9 Å². The van der Waals surface area contributed by atoms with E-state index >= 15 is 0 Å². The third-order valence-electron chi connectivity index (χ3n) is 4.79. The zero-order chi connectivity index (χ0) is 17.9. The number of aryl methyl sites for hydroxylation is 3. The largest absolute Gasteiger partial charge is 0.302 e. The minimum Gasteiger partial charge on any atom is -0.302 e. The Morgan fingerprint density at radius 2 is 2.19 bits per heavy atom. The van der Waals surface area contributed by atoms with Crippen LogP contribution in [0.1, 0.15) is 40.5 Å². The zero-order valence-corrected chi connectivity index (χ0v) is 15.6. The number of hydrogen-bond acceptors (Lipinski definition) is 4. The first-order chi connectivity index (χ1) is 12.7. The Labute approximate surface area is 157 Å². The number of nitrogens with one attached hydrogen (secondary N) is 1. The van der Waals surface area contributed by atoms with Crippen LogP contribution in [-0.4, -0.2) is 20.7 Å². The summed E-state index contributed by atoms with van der Waals surface area (Å²) in [6.45, 7) is 2.58. The van der Waals surface area contributed by atoms with Crippen molar-refractivity contribution in [3.05, 3.63) is 64.4 Å². The monoisotopic (exact) mass is 366 g/mol. The molecule has 1 aromatic carbocycles. The highest BCUT2D eigenvalue weighted by Crippen LogP contribution is 2.36. The van der Waals surface area contributed by atoms with Crippen LogP contribution in [0, 0.1) is 6.92 Å². The zero-order valence-electron chi connectivity index (χ0n) is 14.8. The van der Waals surface area contributed by atoms with Gasteiger partial charge in [0.15, 0.2) is 5.13 Å². The van der Waals surface area contributed by atoms with Crippen molar-refractivity contribution >= 4 is 22.4 Å². The minimum absolute atomic E-state index is 0.0103. The molecule has 1 N–H and O–H groups in total. The lowest BCUT2D eigenvalue weighted by Crippen LogP contribution is -2.14. The Hall–Kier alpha value is -2.47. The van der Waals surface area contributed by atoms with Crippen LogP contribution in [0.3, 0.4) is 0 Å². The number of aromatic nitrogens is 3. The third kappa shape index (κ3) is 3.85. The number of thiazole rings is 1. The maximum Gasteiger partial charge on any atom is 0.228 e. The fraction of sp³-hybridized carbons (Fsp3) is 0.350. The maximum absolute atomic E-state index is 12.2. The molecule has 0 spiro atoms. The summed E-state index contributed by atoms with van der Waals surface area (Å²) in [7, 11) is 0. The summed E-state index contributed by atoms with van der Waals surface area (Å²) in [5.74, 6) is 0.541. The first-order valence-corrected chi connectivity index (χ1v) is 9.81. The van der Waals surface area contributed by atoms with E-state index in [0.717, 1.165) is 35.7 Å². The summed E-state index contributed by atoms with van der Waals surface area (Å²) in [6, 6.07) is 10.7. The van der Waals surface area contributed by atoms with E-state index in [-0.39, 0.29) is 5.91 Å². The highest BCUT2D eigenvalue weighted by atomic mass is 32.1. The number of hydrogen-bond donors (Lipinski definition) is 1. The summed E-state index contributed by atoms with van der Waals surface area (Å²) in [5, 5.41) is 7.89. The van der Waals surface area contributed by atoms with Gasteiger partial charge in [0.25, 0.3) is 0 Å². The van der Waals surface area contributed by atoms with Crippen LogP contribution in [-0.2, 0) is 24.2 Å². The summed E-state index contributed by atoms with van der Waals surface area (Å²) in [5.41, 5.74) is 3.65. The van der Waals surface area contributed by atoms with Gasteiger partial charge in [-0.3, -0.25) is 9.48 Å². The quantitative estimate of drug-likeness (QED) is 0.744. The number of rotatable bonds is 5. The van der Waals surface area contributed by atoms with E-state index in [2.05, 4.69) is 45.7 Å². The number of anilines is 1. The van der Waals surface area contributed by atoms with Crippen molar-refractivity contribution in [2.45, 2.75) is 45.1 Å². The Balaban J connectivity index is 1.36. The second-order valence-electron chi connectivity index (χ2n) is 6.82. The van der Waals surface area contributed by atoms with Crippen molar-refractivity contribution in [1.29, 1.82) is 0 Å². The molecule has 134 valence electrons. The fourth-order valence-corrected chi connectivity index (χ4v) is 4.53. The molecule has 1 amide bonds. The third-order valence-corrected chi connectivity index (χ3v) is 5.82. The second-order valence-corrected chi connectivity index (χ2v) is 7.90. The smallest absolute Gasteiger partial charge is 0.228 e. The minimum atomic E-state index is -0.0103. The van der Waals surface area contributed by atoms with Gasteiger partial charge in [0.05, 0.1) is 11.9 Å². The molecule has 0 fully saturated rings. The van der Waals surface area contributed by atoms with Gasteiger partial charge in [-0.15, -0.1) is 11.3 Å². The van der Waals surface area contributed by atoms with E-state index in [1.54, 1.807) is 22.2 Å². The molecule has 4 rings (SSSR count). The summed E-state index contributed by atoms with van der Waals surface area (Å²) in [4.78, 5) is 18.2. The van der Waals surface area contributed by atoms with E-state index in [1.165, 1.54) is 10.4 Å². The molecule has 2 heterocycles. The molecule has 5 nitrogen and oxygen atoms in total. The lowest BCUT2D eigenvalue weighted by atomic mass is 9.85. The van der Waals surface area contributed by atoms with Crippen LogP contribution in [0.15, 0.2) is 42.7 Å². The van der Waals surface area contributed by atoms with Crippen LogP contribution in [0.4, 0.5) is 5.13 Å². The number of amides is 1. The normalized spacial score (nSPS) is 16.3. The van der Waals surface area contributed by atoms with Crippen molar-refractivity contribution in [1.82, 2.24) is 14.8 Å². The number of nitrogens with zero attached hydrogens (tertiary/aromatic N) is 3. The lowest BCUT2D eigenvalue weighted by Gasteiger charge is -2.21. The average molecular weight is 366 g/mol. The van der Waals surface area contributed by atoms with Gasteiger partial charge in [0, 0.05) is 24.0 Å². The predicted octanol–water partition coefficient (Wildman–Crippen LogP) is 3.95.